The molecule has 0 radical (unpaired) electrons. The van der Waals surface area contributed by atoms with Crippen molar-refractivity contribution in [3.05, 3.63) is 95.9 Å². The quantitative estimate of drug-likeness (QED) is 0.455. The van der Waals surface area contributed by atoms with E-state index >= 15 is 0 Å². The Labute approximate surface area is 176 Å². The highest BCUT2D eigenvalue weighted by atomic mass is 16.3. The van der Waals surface area contributed by atoms with E-state index in [1.54, 1.807) is 12.1 Å². The van der Waals surface area contributed by atoms with Crippen LogP contribution in [0.4, 0.5) is 0 Å². The highest BCUT2D eigenvalue weighted by Crippen LogP contribution is 2.23. The Morgan fingerprint density at radius 3 is 2.07 bits per heavy atom. The van der Waals surface area contributed by atoms with Crippen molar-refractivity contribution in [1.29, 1.82) is 5.26 Å². The molecule has 0 saturated carbocycles. The summed E-state index contributed by atoms with van der Waals surface area (Å²) in [4.78, 5) is 4.76. The van der Waals surface area contributed by atoms with Gasteiger partial charge in [-0.2, -0.15) is 5.26 Å². The van der Waals surface area contributed by atoms with E-state index in [-0.39, 0.29) is 5.75 Å². The first kappa shape index (κ1) is 19.2. The fourth-order valence-corrected chi connectivity index (χ4v) is 3.28. The first-order valence-corrected chi connectivity index (χ1v) is 9.81. The summed E-state index contributed by atoms with van der Waals surface area (Å²) in [6.45, 7) is 2.91. The summed E-state index contributed by atoms with van der Waals surface area (Å²) >= 11 is 0. The lowest BCUT2D eigenvalue weighted by atomic mass is 10.0. The maximum atomic E-state index is 9.44. The summed E-state index contributed by atoms with van der Waals surface area (Å²) in [5.74, 6) is 1.16. The molecule has 0 aliphatic rings. The molecule has 30 heavy (non-hydrogen) atoms. The molecule has 4 rings (SSSR count). The van der Waals surface area contributed by atoms with Gasteiger partial charge in [-0.05, 0) is 54.0 Å². The van der Waals surface area contributed by atoms with Crippen LogP contribution < -0.4 is 0 Å². The van der Waals surface area contributed by atoms with E-state index in [9.17, 15) is 5.11 Å². The monoisotopic (exact) mass is 391 g/mol. The second-order valence-corrected chi connectivity index (χ2v) is 6.96. The Bertz CT molecular complexity index is 1210. The largest absolute Gasteiger partial charge is 0.508 e. The van der Waals surface area contributed by atoms with E-state index in [0.717, 1.165) is 40.3 Å². The molecular formula is C26H21N3O. The Morgan fingerprint density at radius 2 is 1.47 bits per heavy atom. The molecule has 4 aromatic rings. The van der Waals surface area contributed by atoms with Gasteiger partial charge in [0.2, 0.25) is 0 Å². The standard InChI is InChI=1S/C26H21N3O/c1-2-29-18-25(23-10-5-20(17-27)6-11-23)28-26(29)16-7-19-3-8-21(9-4-19)22-12-14-24(30)15-13-22/h3-16,18,30H,2H2,1H3. The molecule has 4 nitrogen and oxygen atoms in total. The molecular weight excluding hydrogens is 370 g/mol. The second-order valence-electron chi connectivity index (χ2n) is 6.96. The molecule has 0 spiro atoms. The summed E-state index contributed by atoms with van der Waals surface area (Å²) in [5.41, 5.74) is 5.78. The number of aromatic hydroxyl groups is 1. The van der Waals surface area contributed by atoms with Gasteiger partial charge in [-0.1, -0.05) is 54.6 Å². The molecule has 0 atom stereocenters. The van der Waals surface area contributed by atoms with E-state index in [1.165, 1.54) is 0 Å². The summed E-state index contributed by atoms with van der Waals surface area (Å²) in [5, 5.41) is 18.4. The SMILES string of the molecule is CCn1cc(-c2ccc(C#N)cc2)nc1C=Cc1ccc(-c2ccc(O)cc2)cc1. The molecule has 0 aliphatic carbocycles. The highest BCUT2D eigenvalue weighted by Gasteiger charge is 2.07. The van der Waals surface area contributed by atoms with Crippen LogP contribution in [0.2, 0.25) is 0 Å². The lowest BCUT2D eigenvalue weighted by Gasteiger charge is -2.03. The maximum absolute atomic E-state index is 9.44. The van der Waals surface area contributed by atoms with Crippen LogP contribution in [-0.4, -0.2) is 14.7 Å². The Morgan fingerprint density at radius 1 is 0.867 bits per heavy atom. The smallest absolute Gasteiger partial charge is 0.133 e. The molecule has 1 heterocycles. The van der Waals surface area contributed by atoms with Gasteiger partial charge in [-0.3, -0.25) is 0 Å². The van der Waals surface area contributed by atoms with E-state index < -0.39 is 0 Å². The molecule has 4 heteroatoms. The van der Waals surface area contributed by atoms with Crippen LogP contribution in [-0.2, 0) is 6.54 Å². The zero-order valence-corrected chi connectivity index (χ0v) is 16.7. The van der Waals surface area contributed by atoms with Gasteiger partial charge >= 0.3 is 0 Å². The van der Waals surface area contributed by atoms with Crippen molar-refractivity contribution in [2.24, 2.45) is 0 Å². The molecule has 0 fully saturated rings. The van der Waals surface area contributed by atoms with Crippen LogP contribution >= 0.6 is 0 Å². The number of aromatic nitrogens is 2. The predicted molar refractivity (Wildman–Crippen MR) is 121 cm³/mol. The van der Waals surface area contributed by atoms with E-state index in [0.29, 0.717) is 5.56 Å². The number of imidazole rings is 1. The van der Waals surface area contributed by atoms with Crippen molar-refractivity contribution < 1.29 is 5.11 Å². The van der Waals surface area contributed by atoms with Crippen LogP contribution in [0.5, 0.6) is 5.75 Å². The lowest BCUT2D eigenvalue weighted by Crippen LogP contribution is -1.94. The van der Waals surface area contributed by atoms with Crippen molar-refractivity contribution in [1.82, 2.24) is 9.55 Å². The molecule has 0 aliphatic heterocycles. The van der Waals surface area contributed by atoms with Gasteiger partial charge in [0.15, 0.2) is 0 Å². The zero-order chi connectivity index (χ0) is 20.9. The van der Waals surface area contributed by atoms with Gasteiger partial charge in [0, 0.05) is 18.3 Å². The van der Waals surface area contributed by atoms with Crippen LogP contribution in [0, 0.1) is 11.3 Å². The molecule has 0 saturated heterocycles. The van der Waals surface area contributed by atoms with Crippen molar-refractivity contribution in [2.75, 3.05) is 0 Å². The Balaban J connectivity index is 1.55. The van der Waals surface area contributed by atoms with Crippen molar-refractivity contribution in [2.45, 2.75) is 13.5 Å². The van der Waals surface area contributed by atoms with Gasteiger partial charge in [-0.25, -0.2) is 4.98 Å². The maximum Gasteiger partial charge on any atom is 0.133 e. The Hall–Kier alpha value is -4.10. The van der Waals surface area contributed by atoms with Crippen LogP contribution in [0.25, 0.3) is 34.5 Å². The average Bonchev–Trinajstić information content (AvgIpc) is 3.22. The summed E-state index contributed by atoms with van der Waals surface area (Å²) in [6, 6.07) is 25.1. The zero-order valence-electron chi connectivity index (χ0n) is 16.7. The van der Waals surface area contributed by atoms with Gasteiger partial charge < -0.3 is 9.67 Å². The van der Waals surface area contributed by atoms with E-state index in [4.69, 9.17) is 10.2 Å². The second kappa shape index (κ2) is 8.50. The van der Waals surface area contributed by atoms with Gasteiger partial charge in [0.25, 0.3) is 0 Å². The molecule has 1 aromatic heterocycles. The third-order valence-electron chi connectivity index (χ3n) is 4.99. The fraction of sp³-hybridized carbons (Fsp3) is 0.0769. The lowest BCUT2D eigenvalue weighted by molar-refractivity contribution is 0.475. The topological polar surface area (TPSA) is 61.8 Å². The van der Waals surface area contributed by atoms with E-state index in [1.807, 2.05) is 48.7 Å². The predicted octanol–water partition coefficient (Wildman–Crippen LogP) is 5.98. The molecule has 146 valence electrons. The van der Waals surface area contributed by atoms with E-state index in [2.05, 4.69) is 47.9 Å². The minimum Gasteiger partial charge on any atom is -0.508 e. The minimum atomic E-state index is 0.269. The van der Waals surface area contributed by atoms with Gasteiger partial charge in [-0.15, -0.1) is 0 Å². The van der Waals surface area contributed by atoms with Crippen molar-refractivity contribution >= 4 is 12.2 Å². The number of phenols is 1. The molecule has 3 aromatic carbocycles. The highest BCUT2D eigenvalue weighted by molar-refractivity contribution is 5.72. The summed E-state index contributed by atoms with van der Waals surface area (Å²) in [6.07, 6.45) is 6.11. The number of hydrogen-bond donors (Lipinski definition) is 1. The molecule has 1 N–H and O–H groups in total. The first-order chi connectivity index (χ1) is 14.7. The van der Waals surface area contributed by atoms with Crippen LogP contribution in [0.1, 0.15) is 23.9 Å². The first-order valence-electron chi connectivity index (χ1n) is 9.81. The third kappa shape index (κ3) is 4.16. The van der Waals surface area contributed by atoms with Gasteiger partial charge in [0.05, 0.1) is 17.3 Å². The molecule has 0 bridgehead atoms. The minimum absolute atomic E-state index is 0.269. The summed E-state index contributed by atoms with van der Waals surface area (Å²) in [7, 11) is 0. The number of benzene rings is 3. The number of hydrogen-bond acceptors (Lipinski definition) is 3. The number of nitrogens with zero attached hydrogens (tertiary/aromatic N) is 3. The fourth-order valence-electron chi connectivity index (χ4n) is 3.28. The average molecular weight is 391 g/mol. The van der Waals surface area contributed by atoms with Crippen molar-refractivity contribution in [3.63, 3.8) is 0 Å². The number of rotatable bonds is 5. The Kier molecular flexibility index (Phi) is 5.45. The molecule has 0 unspecified atom stereocenters. The number of aryl methyl sites for hydroxylation is 1. The molecule has 0 amide bonds. The van der Waals surface area contributed by atoms with Crippen LogP contribution in [0.3, 0.4) is 0 Å². The third-order valence-corrected chi connectivity index (χ3v) is 4.99. The van der Waals surface area contributed by atoms with Gasteiger partial charge in [0.1, 0.15) is 11.6 Å². The van der Waals surface area contributed by atoms with Crippen molar-refractivity contribution in [3.8, 4) is 34.2 Å². The number of nitriles is 1. The summed E-state index contributed by atoms with van der Waals surface area (Å²) < 4.78 is 2.11. The number of phenolic OH excluding ortho intramolecular Hbond substituents is 1. The van der Waals surface area contributed by atoms with Crippen LogP contribution in [0.15, 0.2) is 79.0 Å². The normalized spacial score (nSPS) is 10.9.